The molecule has 29 heavy (non-hydrogen) atoms. The van der Waals surface area contributed by atoms with Crippen LogP contribution < -0.4 is 5.32 Å². The van der Waals surface area contributed by atoms with Crippen molar-refractivity contribution in [2.75, 3.05) is 5.32 Å². The maximum atomic E-state index is 13.8. The van der Waals surface area contributed by atoms with Crippen LogP contribution in [0.1, 0.15) is 5.56 Å². The normalized spacial score (nSPS) is 11.2. The highest BCUT2D eigenvalue weighted by Gasteiger charge is 2.23. The van der Waals surface area contributed by atoms with E-state index in [2.05, 4.69) is 10.3 Å². The number of carbonyl (C=O) groups is 1. The number of nitro groups is 1. The molecular formula is C17H11ClFN3O5S2. The van der Waals surface area contributed by atoms with Crippen molar-refractivity contribution in [3.05, 3.63) is 75.2 Å². The van der Waals surface area contributed by atoms with Gasteiger partial charge in [0.1, 0.15) is 10.0 Å². The van der Waals surface area contributed by atoms with Crippen LogP contribution in [0.3, 0.4) is 0 Å². The summed E-state index contributed by atoms with van der Waals surface area (Å²) in [6.07, 6.45) is 0.711. The summed E-state index contributed by atoms with van der Waals surface area (Å²) < 4.78 is 38.8. The number of halogens is 2. The summed E-state index contributed by atoms with van der Waals surface area (Å²) in [6.45, 7) is 0. The molecule has 0 radical (unpaired) electrons. The number of rotatable bonds is 6. The fraction of sp³-hybridized carbons (Fsp3) is 0.0588. The minimum Gasteiger partial charge on any atom is -0.302 e. The third-order valence-electron chi connectivity index (χ3n) is 3.75. The quantitative estimate of drug-likeness (QED) is 0.445. The van der Waals surface area contributed by atoms with Crippen molar-refractivity contribution in [1.82, 2.24) is 4.98 Å². The van der Waals surface area contributed by atoms with Gasteiger partial charge in [-0.3, -0.25) is 14.9 Å². The minimum atomic E-state index is -3.97. The first-order valence-corrected chi connectivity index (χ1v) is 10.5. The number of nitrogens with zero attached hydrogens (tertiary/aromatic N) is 2. The SMILES string of the molecule is O=C(Cc1c(F)cccc1Cl)Nc1ncc(S(=O)(=O)c2ccc([N+](=O)[O-])cc2)s1. The predicted octanol–water partition coefficient (Wildman–Crippen LogP) is 3.86. The number of benzene rings is 2. The van der Waals surface area contributed by atoms with E-state index in [1.807, 2.05) is 0 Å². The van der Waals surface area contributed by atoms with Gasteiger partial charge in [-0.25, -0.2) is 17.8 Å². The van der Waals surface area contributed by atoms with Crippen LogP contribution in [0.5, 0.6) is 0 Å². The lowest BCUT2D eigenvalue weighted by atomic mass is 10.1. The van der Waals surface area contributed by atoms with Gasteiger partial charge in [-0.1, -0.05) is 29.0 Å². The molecule has 0 aliphatic rings. The largest absolute Gasteiger partial charge is 0.302 e. The van der Waals surface area contributed by atoms with E-state index in [0.29, 0.717) is 11.3 Å². The Morgan fingerprint density at radius 1 is 1.24 bits per heavy atom. The molecule has 0 atom stereocenters. The van der Waals surface area contributed by atoms with Gasteiger partial charge in [-0.05, 0) is 24.3 Å². The van der Waals surface area contributed by atoms with Gasteiger partial charge >= 0.3 is 0 Å². The molecule has 1 aromatic heterocycles. The molecule has 3 aromatic rings. The average Bonchev–Trinajstić information content (AvgIpc) is 3.14. The second kappa shape index (κ2) is 8.23. The Kier molecular flexibility index (Phi) is 5.91. The van der Waals surface area contributed by atoms with Gasteiger partial charge in [0.05, 0.1) is 22.4 Å². The molecule has 0 bridgehead atoms. The zero-order chi connectivity index (χ0) is 21.2. The molecule has 0 aliphatic carbocycles. The minimum absolute atomic E-state index is 0.00273. The average molecular weight is 456 g/mol. The predicted molar refractivity (Wildman–Crippen MR) is 104 cm³/mol. The molecule has 1 heterocycles. The van der Waals surface area contributed by atoms with Crippen molar-refractivity contribution in [3.63, 3.8) is 0 Å². The molecule has 3 rings (SSSR count). The summed E-state index contributed by atoms with van der Waals surface area (Å²) in [5.74, 6) is -1.25. The zero-order valence-electron chi connectivity index (χ0n) is 14.3. The Hall–Kier alpha value is -2.89. The van der Waals surface area contributed by atoms with Gasteiger partial charge in [0.15, 0.2) is 5.13 Å². The third-order valence-corrected chi connectivity index (χ3v) is 7.25. The van der Waals surface area contributed by atoms with Crippen LogP contribution in [0.25, 0.3) is 0 Å². The fourth-order valence-corrected chi connectivity index (χ4v) is 5.01. The lowest BCUT2D eigenvalue weighted by molar-refractivity contribution is -0.384. The van der Waals surface area contributed by atoms with Crippen molar-refractivity contribution in [3.8, 4) is 0 Å². The van der Waals surface area contributed by atoms with Gasteiger partial charge in [0.2, 0.25) is 15.7 Å². The summed E-state index contributed by atoms with van der Waals surface area (Å²) >= 11 is 6.59. The number of carbonyl (C=O) groups excluding carboxylic acids is 1. The number of non-ortho nitro benzene ring substituents is 1. The van der Waals surface area contributed by atoms with Gasteiger partial charge in [0, 0.05) is 22.7 Å². The monoisotopic (exact) mass is 455 g/mol. The van der Waals surface area contributed by atoms with Crippen LogP contribution in [0.2, 0.25) is 5.02 Å². The molecule has 150 valence electrons. The fourth-order valence-electron chi connectivity index (χ4n) is 2.33. The standard InChI is InChI=1S/C17H11ClFN3O5S2/c18-13-2-1-3-14(19)12(13)8-15(23)21-17-20-9-16(28-17)29(26,27)11-6-4-10(5-7-11)22(24)25/h1-7,9H,8H2,(H,20,21,23). The van der Waals surface area contributed by atoms with Crippen molar-refractivity contribution >= 4 is 49.5 Å². The summed E-state index contributed by atoms with van der Waals surface area (Å²) in [4.78, 5) is 25.9. The number of hydrogen-bond donors (Lipinski definition) is 1. The van der Waals surface area contributed by atoms with Gasteiger partial charge < -0.3 is 5.32 Å². The van der Waals surface area contributed by atoms with Crippen molar-refractivity contribution in [1.29, 1.82) is 0 Å². The van der Waals surface area contributed by atoms with Crippen LogP contribution in [-0.4, -0.2) is 24.2 Å². The molecule has 0 fully saturated rings. The van der Waals surface area contributed by atoms with Gasteiger partial charge in [0.25, 0.3) is 5.69 Å². The molecule has 12 heteroatoms. The van der Waals surface area contributed by atoms with E-state index in [1.165, 1.54) is 18.2 Å². The zero-order valence-corrected chi connectivity index (χ0v) is 16.7. The highest BCUT2D eigenvalue weighted by Crippen LogP contribution is 2.29. The van der Waals surface area contributed by atoms with E-state index in [1.54, 1.807) is 0 Å². The lowest BCUT2D eigenvalue weighted by Crippen LogP contribution is -2.15. The van der Waals surface area contributed by atoms with Crippen molar-refractivity contribution < 1.29 is 22.5 Å². The summed E-state index contributed by atoms with van der Waals surface area (Å²) in [6, 6.07) is 8.42. The number of aromatic nitrogens is 1. The highest BCUT2D eigenvalue weighted by atomic mass is 35.5. The number of thiazole rings is 1. The first-order valence-electron chi connectivity index (χ1n) is 7.86. The number of hydrogen-bond acceptors (Lipinski definition) is 7. The number of amides is 1. The molecule has 8 nitrogen and oxygen atoms in total. The second-order valence-corrected chi connectivity index (χ2v) is 9.28. The maximum Gasteiger partial charge on any atom is 0.269 e. The molecule has 1 N–H and O–H groups in total. The van der Waals surface area contributed by atoms with Crippen LogP contribution in [0.4, 0.5) is 15.2 Å². The second-order valence-electron chi connectivity index (χ2n) is 5.66. The van der Waals surface area contributed by atoms with Gasteiger partial charge in [-0.2, -0.15) is 0 Å². The van der Waals surface area contributed by atoms with Crippen LogP contribution >= 0.6 is 22.9 Å². The topological polar surface area (TPSA) is 119 Å². The molecule has 0 saturated heterocycles. The Morgan fingerprint density at radius 2 is 1.93 bits per heavy atom. The summed E-state index contributed by atoms with van der Waals surface area (Å²) in [5, 5.41) is 13.2. The van der Waals surface area contributed by atoms with Crippen molar-refractivity contribution in [2.24, 2.45) is 0 Å². The molecule has 0 saturated carbocycles. The van der Waals surface area contributed by atoms with E-state index < -0.39 is 26.5 Å². The van der Waals surface area contributed by atoms with Gasteiger partial charge in [-0.15, -0.1) is 0 Å². The number of nitrogens with one attached hydrogen (secondary N) is 1. The Bertz CT molecular complexity index is 1180. The number of anilines is 1. The lowest BCUT2D eigenvalue weighted by Gasteiger charge is -2.05. The first-order chi connectivity index (χ1) is 13.7. The molecule has 0 spiro atoms. The molecule has 2 aromatic carbocycles. The maximum absolute atomic E-state index is 13.8. The first kappa shape index (κ1) is 20.8. The third kappa shape index (κ3) is 4.58. The molecule has 1 amide bonds. The van der Waals surface area contributed by atoms with E-state index in [9.17, 15) is 27.7 Å². The Labute approximate surface area is 173 Å². The van der Waals surface area contributed by atoms with E-state index in [0.717, 1.165) is 30.5 Å². The van der Waals surface area contributed by atoms with Crippen LogP contribution in [-0.2, 0) is 21.1 Å². The number of sulfone groups is 1. The van der Waals surface area contributed by atoms with Crippen LogP contribution in [0, 0.1) is 15.9 Å². The van der Waals surface area contributed by atoms with Crippen molar-refractivity contribution in [2.45, 2.75) is 15.5 Å². The highest BCUT2D eigenvalue weighted by molar-refractivity contribution is 7.93. The van der Waals surface area contributed by atoms with E-state index in [-0.39, 0.29) is 36.9 Å². The molecule has 0 aliphatic heterocycles. The molecular weight excluding hydrogens is 445 g/mol. The Morgan fingerprint density at radius 3 is 2.55 bits per heavy atom. The number of nitro benzene ring substituents is 1. The van der Waals surface area contributed by atoms with E-state index in [4.69, 9.17) is 11.6 Å². The summed E-state index contributed by atoms with van der Waals surface area (Å²) in [5.41, 5.74) is -0.227. The summed E-state index contributed by atoms with van der Waals surface area (Å²) in [7, 11) is -3.97. The van der Waals surface area contributed by atoms with E-state index >= 15 is 0 Å². The van der Waals surface area contributed by atoms with Crippen LogP contribution in [0.15, 0.2) is 57.8 Å². The Balaban J connectivity index is 1.76. The smallest absolute Gasteiger partial charge is 0.269 e. The molecule has 0 unspecified atom stereocenters.